The Kier molecular flexibility index (Phi) is 5.82. The smallest absolute Gasteiger partial charge is 0.213 e. The summed E-state index contributed by atoms with van der Waals surface area (Å²) in [4.78, 5) is 6.70. The Morgan fingerprint density at radius 2 is 2.19 bits per heavy atom. The highest BCUT2D eigenvalue weighted by Gasteiger charge is 2.05. The molecule has 0 atom stereocenters. The number of nitrogens with zero attached hydrogens (tertiary/aromatic N) is 2. The van der Waals surface area contributed by atoms with Gasteiger partial charge in [-0.2, -0.15) is 0 Å². The first-order chi connectivity index (χ1) is 7.80. The van der Waals surface area contributed by atoms with Crippen LogP contribution in [-0.2, 0) is 6.54 Å². The molecule has 1 rings (SSSR count). The van der Waals surface area contributed by atoms with Gasteiger partial charge in [-0.05, 0) is 19.0 Å². The van der Waals surface area contributed by atoms with Crippen molar-refractivity contribution in [1.29, 1.82) is 0 Å². The molecule has 90 valence electrons. The van der Waals surface area contributed by atoms with Crippen LogP contribution < -0.4 is 10.5 Å². The number of ether oxygens (including phenoxy) is 1. The molecule has 2 N–H and O–H groups in total. The fourth-order valence-electron chi connectivity index (χ4n) is 1.66. The van der Waals surface area contributed by atoms with Crippen LogP contribution in [0.25, 0.3) is 0 Å². The molecule has 0 saturated heterocycles. The van der Waals surface area contributed by atoms with Crippen LogP contribution in [0.15, 0.2) is 18.2 Å². The van der Waals surface area contributed by atoms with E-state index in [-0.39, 0.29) is 0 Å². The number of pyridine rings is 1. The molecule has 0 aliphatic rings. The maximum absolute atomic E-state index is 5.58. The lowest BCUT2D eigenvalue weighted by molar-refractivity contribution is 0.269. The molecule has 4 heteroatoms. The molecule has 0 unspecified atom stereocenters. The zero-order valence-corrected chi connectivity index (χ0v) is 10.1. The predicted octanol–water partition coefficient (Wildman–Crippen LogP) is 1.26. The van der Waals surface area contributed by atoms with Crippen LogP contribution in [0.4, 0.5) is 0 Å². The molecule has 0 amide bonds. The van der Waals surface area contributed by atoms with Gasteiger partial charge in [-0.25, -0.2) is 4.98 Å². The fourth-order valence-corrected chi connectivity index (χ4v) is 1.66. The number of hydrogen-bond acceptors (Lipinski definition) is 4. The topological polar surface area (TPSA) is 51.4 Å². The minimum atomic E-state index is 0.668. The molecule has 0 aliphatic carbocycles. The zero-order valence-electron chi connectivity index (χ0n) is 10.1. The van der Waals surface area contributed by atoms with Crippen LogP contribution in [0.5, 0.6) is 5.88 Å². The van der Waals surface area contributed by atoms with Crippen LogP contribution in [0.2, 0.25) is 0 Å². The van der Waals surface area contributed by atoms with Gasteiger partial charge in [-0.1, -0.05) is 13.0 Å². The van der Waals surface area contributed by atoms with Crippen LogP contribution in [0.3, 0.4) is 0 Å². The van der Waals surface area contributed by atoms with Gasteiger partial charge in [0.1, 0.15) is 0 Å². The van der Waals surface area contributed by atoms with Gasteiger partial charge in [0.25, 0.3) is 0 Å². The van der Waals surface area contributed by atoms with E-state index in [0.29, 0.717) is 12.4 Å². The van der Waals surface area contributed by atoms with Crippen LogP contribution in [0, 0.1) is 0 Å². The van der Waals surface area contributed by atoms with E-state index in [9.17, 15) is 0 Å². The monoisotopic (exact) mass is 223 g/mol. The Bertz CT molecular complexity index is 298. The van der Waals surface area contributed by atoms with Crippen molar-refractivity contribution in [3.05, 3.63) is 23.9 Å². The van der Waals surface area contributed by atoms with Gasteiger partial charge >= 0.3 is 0 Å². The third-order valence-corrected chi connectivity index (χ3v) is 2.36. The number of aromatic nitrogens is 1. The van der Waals surface area contributed by atoms with Crippen molar-refractivity contribution in [2.75, 3.05) is 26.7 Å². The molecule has 0 spiro atoms. The lowest BCUT2D eigenvalue weighted by Crippen LogP contribution is -2.30. The summed E-state index contributed by atoms with van der Waals surface area (Å²) < 4.78 is 5.10. The van der Waals surface area contributed by atoms with Crippen molar-refractivity contribution in [3.63, 3.8) is 0 Å². The van der Waals surface area contributed by atoms with E-state index in [0.717, 1.165) is 31.7 Å². The summed E-state index contributed by atoms with van der Waals surface area (Å²) in [7, 11) is 1.63. The summed E-state index contributed by atoms with van der Waals surface area (Å²) in [6.45, 7) is 5.65. The minimum Gasteiger partial charge on any atom is -0.481 e. The van der Waals surface area contributed by atoms with Crippen molar-refractivity contribution >= 4 is 0 Å². The Balaban J connectivity index is 2.60. The Morgan fingerprint density at radius 3 is 2.81 bits per heavy atom. The van der Waals surface area contributed by atoms with Crippen LogP contribution in [-0.4, -0.2) is 36.6 Å². The fraction of sp³-hybridized carbons (Fsp3) is 0.583. The molecule has 1 aromatic rings. The van der Waals surface area contributed by atoms with Gasteiger partial charge in [0.05, 0.1) is 12.8 Å². The molecule has 1 aromatic heterocycles. The van der Waals surface area contributed by atoms with Crippen molar-refractivity contribution in [2.45, 2.75) is 19.9 Å². The van der Waals surface area contributed by atoms with E-state index in [4.69, 9.17) is 10.5 Å². The molecular weight excluding hydrogens is 202 g/mol. The third kappa shape index (κ3) is 4.16. The van der Waals surface area contributed by atoms with E-state index in [1.54, 1.807) is 7.11 Å². The maximum Gasteiger partial charge on any atom is 0.213 e. The first-order valence-electron chi connectivity index (χ1n) is 5.72. The summed E-state index contributed by atoms with van der Waals surface area (Å²) in [5, 5.41) is 0. The number of hydrogen-bond donors (Lipinski definition) is 1. The Hall–Kier alpha value is -1.13. The summed E-state index contributed by atoms with van der Waals surface area (Å²) in [6, 6.07) is 5.84. The summed E-state index contributed by atoms with van der Waals surface area (Å²) in [5.74, 6) is 0.668. The van der Waals surface area contributed by atoms with E-state index >= 15 is 0 Å². The third-order valence-electron chi connectivity index (χ3n) is 2.36. The van der Waals surface area contributed by atoms with Gasteiger partial charge in [0.15, 0.2) is 0 Å². The summed E-state index contributed by atoms with van der Waals surface area (Å²) >= 11 is 0. The highest BCUT2D eigenvalue weighted by atomic mass is 16.5. The van der Waals surface area contributed by atoms with E-state index in [2.05, 4.69) is 16.8 Å². The molecule has 0 saturated carbocycles. The van der Waals surface area contributed by atoms with Crippen molar-refractivity contribution < 1.29 is 4.74 Å². The molecule has 0 radical (unpaired) electrons. The molecule has 0 bridgehead atoms. The molecule has 1 heterocycles. The van der Waals surface area contributed by atoms with Crippen molar-refractivity contribution in [2.24, 2.45) is 5.73 Å². The second-order valence-corrected chi connectivity index (χ2v) is 3.74. The quantitative estimate of drug-likeness (QED) is 0.756. The SMILES string of the molecule is CCCN(CCN)Cc1cccc(OC)n1. The first-order valence-corrected chi connectivity index (χ1v) is 5.72. The van der Waals surface area contributed by atoms with Gasteiger partial charge in [0, 0.05) is 25.7 Å². The number of methoxy groups -OCH3 is 1. The van der Waals surface area contributed by atoms with Gasteiger partial charge in [0.2, 0.25) is 5.88 Å². The van der Waals surface area contributed by atoms with Crippen molar-refractivity contribution in [3.8, 4) is 5.88 Å². The van der Waals surface area contributed by atoms with E-state index in [1.807, 2.05) is 18.2 Å². The van der Waals surface area contributed by atoms with E-state index < -0.39 is 0 Å². The predicted molar refractivity (Wildman–Crippen MR) is 65.4 cm³/mol. The Morgan fingerprint density at radius 1 is 1.38 bits per heavy atom. The van der Waals surface area contributed by atoms with Crippen molar-refractivity contribution in [1.82, 2.24) is 9.88 Å². The molecular formula is C12H21N3O. The molecule has 0 aromatic carbocycles. The highest BCUT2D eigenvalue weighted by molar-refractivity contribution is 5.15. The standard InChI is InChI=1S/C12H21N3O/c1-3-8-15(9-7-13)10-11-5-4-6-12(14-11)16-2/h4-6H,3,7-10,13H2,1-2H3. The molecule has 0 aliphatic heterocycles. The zero-order chi connectivity index (χ0) is 11.8. The van der Waals surface area contributed by atoms with Gasteiger partial charge < -0.3 is 10.5 Å². The van der Waals surface area contributed by atoms with E-state index in [1.165, 1.54) is 0 Å². The largest absolute Gasteiger partial charge is 0.481 e. The molecule has 0 fully saturated rings. The Labute approximate surface area is 97.4 Å². The maximum atomic E-state index is 5.58. The molecule has 16 heavy (non-hydrogen) atoms. The van der Waals surface area contributed by atoms with Gasteiger partial charge in [-0.3, -0.25) is 4.90 Å². The number of rotatable bonds is 7. The lowest BCUT2D eigenvalue weighted by Gasteiger charge is -2.20. The first kappa shape index (κ1) is 12.9. The average Bonchev–Trinajstić information content (AvgIpc) is 2.30. The minimum absolute atomic E-state index is 0.668. The normalized spacial score (nSPS) is 10.8. The summed E-state index contributed by atoms with van der Waals surface area (Å²) in [5.41, 5.74) is 6.61. The second-order valence-electron chi connectivity index (χ2n) is 3.74. The number of nitrogens with two attached hydrogens (primary N) is 1. The van der Waals surface area contributed by atoms with Gasteiger partial charge in [-0.15, -0.1) is 0 Å². The molecule has 4 nitrogen and oxygen atoms in total. The summed E-state index contributed by atoms with van der Waals surface area (Å²) in [6.07, 6.45) is 1.13. The van der Waals surface area contributed by atoms with Crippen LogP contribution in [0.1, 0.15) is 19.0 Å². The van der Waals surface area contributed by atoms with Crippen LogP contribution >= 0.6 is 0 Å². The lowest BCUT2D eigenvalue weighted by atomic mass is 10.3. The highest BCUT2D eigenvalue weighted by Crippen LogP contribution is 2.09. The second kappa shape index (κ2) is 7.19. The average molecular weight is 223 g/mol.